The second kappa shape index (κ2) is 5.05. The summed E-state index contributed by atoms with van der Waals surface area (Å²) in [5, 5.41) is 3.10. The molecular formula is C14H12BrN3O2. The van der Waals surface area contributed by atoms with Gasteiger partial charge in [0.1, 0.15) is 11.3 Å². The summed E-state index contributed by atoms with van der Waals surface area (Å²) in [6, 6.07) is 11.4. The Balaban J connectivity index is 1.94. The zero-order valence-electron chi connectivity index (χ0n) is 10.7. The SMILES string of the molecule is COc1cc(Br)cc(Nc2nc3ccc(N)cc3o2)c1. The fourth-order valence-corrected chi connectivity index (χ4v) is 2.34. The van der Waals surface area contributed by atoms with Gasteiger partial charge in [0.05, 0.1) is 7.11 Å². The largest absolute Gasteiger partial charge is 0.497 e. The number of aromatic nitrogens is 1. The van der Waals surface area contributed by atoms with Crippen molar-refractivity contribution in [2.45, 2.75) is 0 Å². The van der Waals surface area contributed by atoms with Crippen LogP contribution < -0.4 is 15.8 Å². The molecule has 0 spiro atoms. The van der Waals surface area contributed by atoms with Gasteiger partial charge in [0.15, 0.2) is 5.58 Å². The first-order valence-corrected chi connectivity index (χ1v) is 6.71. The third kappa shape index (κ3) is 2.55. The molecule has 1 heterocycles. The maximum absolute atomic E-state index is 5.71. The molecule has 0 fully saturated rings. The number of halogens is 1. The lowest BCUT2D eigenvalue weighted by atomic mass is 10.3. The Bertz CT molecular complexity index is 770. The topological polar surface area (TPSA) is 73.3 Å². The van der Waals surface area contributed by atoms with E-state index in [1.165, 1.54) is 0 Å². The number of nitrogens with two attached hydrogens (primary N) is 1. The number of hydrogen-bond donors (Lipinski definition) is 2. The smallest absolute Gasteiger partial charge is 0.300 e. The summed E-state index contributed by atoms with van der Waals surface area (Å²) in [4.78, 5) is 4.34. The normalized spacial score (nSPS) is 10.7. The quantitative estimate of drug-likeness (QED) is 0.710. The number of nitrogen functional groups attached to an aromatic ring is 1. The Hall–Kier alpha value is -2.21. The van der Waals surface area contributed by atoms with Crippen LogP contribution in [0.25, 0.3) is 11.1 Å². The molecule has 20 heavy (non-hydrogen) atoms. The van der Waals surface area contributed by atoms with E-state index in [9.17, 15) is 0 Å². The van der Waals surface area contributed by atoms with Gasteiger partial charge in [-0.25, -0.2) is 0 Å². The summed E-state index contributed by atoms with van der Waals surface area (Å²) < 4.78 is 11.7. The van der Waals surface area contributed by atoms with E-state index in [1.807, 2.05) is 24.3 Å². The van der Waals surface area contributed by atoms with E-state index in [-0.39, 0.29) is 0 Å². The first-order valence-electron chi connectivity index (χ1n) is 5.92. The standard InChI is InChI=1S/C14H12BrN3O2/c1-19-11-5-8(15)4-10(7-11)17-14-18-12-3-2-9(16)6-13(12)20-14/h2-7H,16H2,1H3,(H,17,18). The van der Waals surface area contributed by atoms with Crippen molar-refractivity contribution >= 4 is 44.4 Å². The van der Waals surface area contributed by atoms with Gasteiger partial charge in [-0.1, -0.05) is 15.9 Å². The van der Waals surface area contributed by atoms with Crippen molar-refractivity contribution in [2.24, 2.45) is 0 Å². The molecule has 1 aromatic heterocycles. The lowest BCUT2D eigenvalue weighted by Crippen LogP contribution is -1.91. The molecule has 6 heteroatoms. The molecule has 3 aromatic rings. The maximum Gasteiger partial charge on any atom is 0.300 e. The number of oxazole rings is 1. The minimum Gasteiger partial charge on any atom is -0.497 e. The number of anilines is 3. The van der Waals surface area contributed by atoms with Gasteiger partial charge in [-0.3, -0.25) is 0 Å². The second-order valence-electron chi connectivity index (χ2n) is 4.25. The van der Waals surface area contributed by atoms with Gasteiger partial charge >= 0.3 is 0 Å². The van der Waals surface area contributed by atoms with E-state index >= 15 is 0 Å². The lowest BCUT2D eigenvalue weighted by Gasteiger charge is -2.05. The van der Waals surface area contributed by atoms with Gasteiger partial charge < -0.3 is 20.2 Å². The molecule has 0 radical (unpaired) electrons. The van der Waals surface area contributed by atoms with E-state index in [0.29, 0.717) is 17.3 Å². The molecule has 0 unspecified atom stereocenters. The molecule has 0 aliphatic rings. The number of benzene rings is 2. The highest BCUT2D eigenvalue weighted by atomic mass is 79.9. The van der Waals surface area contributed by atoms with Gasteiger partial charge in [0.2, 0.25) is 0 Å². The summed E-state index contributed by atoms with van der Waals surface area (Å²) in [7, 11) is 1.62. The number of rotatable bonds is 3. The van der Waals surface area contributed by atoms with Crippen LogP contribution >= 0.6 is 15.9 Å². The summed E-state index contributed by atoms with van der Waals surface area (Å²) in [5.74, 6) is 0.738. The van der Waals surface area contributed by atoms with Crippen molar-refractivity contribution < 1.29 is 9.15 Å². The molecule has 102 valence electrons. The first kappa shape index (κ1) is 12.8. The van der Waals surface area contributed by atoms with Crippen LogP contribution in [0.3, 0.4) is 0 Å². The van der Waals surface area contributed by atoms with Crippen LogP contribution in [-0.4, -0.2) is 12.1 Å². The van der Waals surface area contributed by atoms with Gasteiger partial charge in [-0.05, 0) is 24.3 Å². The van der Waals surface area contributed by atoms with Crippen molar-refractivity contribution in [1.29, 1.82) is 0 Å². The highest BCUT2D eigenvalue weighted by Gasteiger charge is 2.07. The Labute approximate surface area is 123 Å². The molecule has 0 amide bonds. The van der Waals surface area contributed by atoms with Crippen LogP contribution in [0.5, 0.6) is 5.75 Å². The average Bonchev–Trinajstić information content (AvgIpc) is 2.79. The van der Waals surface area contributed by atoms with Crippen LogP contribution in [0.1, 0.15) is 0 Å². The molecule has 0 aliphatic heterocycles. The number of nitrogens with zero attached hydrogens (tertiary/aromatic N) is 1. The fourth-order valence-electron chi connectivity index (χ4n) is 1.87. The van der Waals surface area contributed by atoms with Gasteiger partial charge in [-0.2, -0.15) is 4.98 Å². The highest BCUT2D eigenvalue weighted by molar-refractivity contribution is 9.10. The van der Waals surface area contributed by atoms with Crippen molar-refractivity contribution in [3.05, 3.63) is 40.9 Å². The van der Waals surface area contributed by atoms with E-state index < -0.39 is 0 Å². The third-order valence-electron chi connectivity index (χ3n) is 2.77. The Kier molecular flexibility index (Phi) is 3.23. The number of fused-ring (bicyclic) bond motifs is 1. The predicted octanol–water partition coefficient (Wildman–Crippen LogP) is 3.92. The first-order chi connectivity index (χ1) is 9.64. The predicted molar refractivity (Wildman–Crippen MR) is 82.4 cm³/mol. The molecule has 0 saturated carbocycles. The van der Waals surface area contributed by atoms with Crippen molar-refractivity contribution in [2.75, 3.05) is 18.2 Å². The molecule has 5 nitrogen and oxygen atoms in total. The Morgan fingerprint density at radius 3 is 2.90 bits per heavy atom. The summed E-state index contributed by atoms with van der Waals surface area (Å²) in [6.07, 6.45) is 0. The van der Waals surface area contributed by atoms with Gasteiger partial charge in [-0.15, -0.1) is 0 Å². The highest BCUT2D eigenvalue weighted by Crippen LogP contribution is 2.28. The van der Waals surface area contributed by atoms with Gasteiger partial charge in [0.25, 0.3) is 6.01 Å². The Morgan fingerprint density at radius 2 is 2.10 bits per heavy atom. The van der Waals surface area contributed by atoms with E-state index in [1.54, 1.807) is 19.2 Å². The fraction of sp³-hybridized carbons (Fsp3) is 0.0714. The summed E-state index contributed by atoms with van der Waals surface area (Å²) in [6.45, 7) is 0. The molecule has 0 atom stereocenters. The summed E-state index contributed by atoms with van der Waals surface area (Å²) >= 11 is 3.42. The van der Waals surface area contributed by atoms with Crippen LogP contribution in [0, 0.1) is 0 Å². The van der Waals surface area contributed by atoms with Crippen LogP contribution in [0.15, 0.2) is 45.3 Å². The van der Waals surface area contributed by atoms with Crippen LogP contribution in [-0.2, 0) is 0 Å². The number of hydrogen-bond acceptors (Lipinski definition) is 5. The minimum absolute atomic E-state index is 0.408. The number of ether oxygens (including phenoxy) is 1. The molecule has 0 bridgehead atoms. The number of nitrogens with one attached hydrogen (secondary N) is 1. The molecular weight excluding hydrogens is 322 g/mol. The second-order valence-corrected chi connectivity index (χ2v) is 5.17. The van der Waals surface area contributed by atoms with Crippen molar-refractivity contribution in [3.8, 4) is 5.75 Å². The van der Waals surface area contributed by atoms with E-state index in [4.69, 9.17) is 14.9 Å². The maximum atomic E-state index is 5.71. The minimum atomic E-state index is 0.408. The van der Waals surface area contributed by atoms with Crippen LogP contribution in [0.4, 0.5) is 17.4 Å². The Morgan fingerprint density at radius 1 is 1.25 bits per heavy atom. The molecule has 3 N–H and O–H groups in total. The van der Waals surface area contributed by atoms with Crippen molar-refractivity contribution in [3.63, 3.8) is 0 Å². The van der Waals surface area contributed by atoms with Crippen molar-refractivity contribution in [1.82, 2.24) is 4.98 Å². The molecule has 3 rings (SSSR count). The molecule has 2 aromatic carbocycles. The summed E-state index contributed by atoms with van der Waals surface area (Å²) in [5.41, 5.74) is 8.57. The van der Waals surface area contributed by atoms with Crippen LogP contribution in [0.2, 0.25) is 0 Å². The third-order valence-corrected chi connectivity index (χ3v) is 3.23. The van der Waals surface area contributed by atoms with E-state index in [0.717, 1.165) is 21.4 Å². The molecule has 0 saturated heterocycles. The zero-order valence-corrected chi connectivity index (χ0v) is 12.3. The van der Waals surface area contributed by atoms with Gasteiger partial charge in [0, 0.05) is 28.0 Å². The number of methoxy groups -OCH3 is 1. The van der Waals surface area contributed by atoms with E-state index in [2.05, 4.69) is 26.2 Å². The average molecular weight is 334 g/mol. The lowest BCUT2D eigenvalue weighted by molar-refractivity contribution is 0.414. The molecule has 0 aliphatic carbocycles. The zero-order chi connectivity index (χ0) is 14.1. The monoisotopic (exact) mass is 333 g/mol.